The zero-order chi connectivity index (χ0) is 18.8. The first kappa shape index (κ1) is 19.6. The van der Waals surface area contributed by atoms with Crippen LogP contribution < -0.4 is 4.11 Å². The normalized spacial score (nSPS) is 22.5. The average molecular weight is 367 g/mol. The molecular weight excluding hydrogens is 340 g/mol. The molecule has 0 aromatic heterocycles. The van der Waals surface area contributed by atoms with Crippen LogP contribution in [0.5, 0.6) is 0 Å². The number of carboxylic acid groups (broad SMARTS) is 1. The number of urea groups is 1. The summed E-state index contributed by atoms with van der Waals surface area (Å²) in [5.41, 5.74) is 1.31. The van der Waals surface area contributed by atoms with Crippen molar-refractivity contribution in [3.8, 4) is 0 Å². The second-order valence-electron chi connectivity index (χ2n) is 6.23. The molecule has 7 nitrogen and oxygen atoms in total. The molecule has 1 aromatic rings. The molecule has 1 heterocycles. The molecule has 25 heavy (non-hydrogen) atoms. The number of likely N-dealkylation sites (N-methyl/N-ethyl adjacent to an activating group) is 1. The van der Waals surface area contributed by atoms with Gasteiger partial charge in [-0.15, -0.1) is 5.01 Å². The van der Waals surface area contributed by atoms with E-state index in [2.05, 4.69) is 0 Å². The van der Waals surface area contributed by atoms with E-state index < -0.39 is 12.0 Å². The molecule has 2 rings (SSSR count). The number of carbonyl (C=O) groups is 2. The summed E-state index contributed by atoms with van der Waals surface area (Å²) in [6.45, 7) is 5.36. The highest BCUT2D eigenvalue weighted by atomic mass is 32.1. The summed E-state index contributed by atoms with van der Waals surface area (Å²) in [4.78, 5) is 26.6. The summed E-state index contributed by atoms with van der Waals surface area (Å²) in [7, 11) is 3.32. The van der Waals surface area contributed by atoms with Crippen molar-refractivity contribution in [3.63, 3.8) is 0 Å². The van der Waals surface area contributed by atoms with Gasteiger partial charge in [0.25, 0.3) is 0 Å². The summed E-state index contributed by atoms with van der Waals surface area (Å²) < 4.78 is -0.296. The standard InChI is InChI=1S/C17H26N4O3S/c1-5-11-20(12-6-2)17(24)19(4)21(25)14-10-8-7-9-13(14)15(16(22)23)18(21)3/h7-10,15,25H,5-6,11-12H2,1-4H3/p+1. The van der Waals surface area contributed by atoms with Gasteiger partial charge in [-0.2, -0.15) is 0 Å². The third-order valence-corrected chi connectivity index (χ3v) is 5.32. The number of hydrogen-bond acceptors (Lipinski definition) is 4. The lowest BCUT2D eigenvalue weighted by molar-refractivity contribution is -0.149. The topological polar surface area (TPSA) is 64.1 Å². The van der Waals surface area contributed by atoms with Gasteiger partial charge in [-0.3, -0.25) is 0 Å². The van der Waals surface area contributed by atoms with E-state index in [1.165, 1.54) is 5.01 Å². The minimum atomic E-state index is -0.969. The molecule has 0 saturated heterocycles. The summed E-state index contributed by atoms with van der Waals surface area (Å²) in [6.07, 6.45) is 1.71. The number of hydrogen-bond donors (Lipinski definition) is 2. The number of carboxylic acids is 1. The quantitative estimate of drug-likeness (QED) is 0.599. The molecule has 1 N–H and O–H groups in total. The number of carbonyl (C=O) groups excluding carboxylic acids is 1. The lowest BCUT2D eigenvalue weighted by Crippen LogP contribution is -2.64. The number of para-hydroxylation sites is 1. The van der Waals surface area contributed by atoms with E-state index in [9.17, 15) is 14.7 Å². The van der Waals surface area contributed by atoms with E-state index in [0.29, 0.717) is 24.3 Å². The number of thiol groups is 1. The van der Waals surface area contributed by atoms with Gasteiger partial charge in [0.2, 0.25) is 0 Å². The van der Waals surface area contributed by atoms with Crippen molar-refractivity contribution in [2.24, 2.45) is 0 Å². The van der Waals surface area contributed by atoms with E-state index in [1.54, 1.807) is 36.1 Å². The Balaban J connectivity index is 2.45. The second-order valence-corrected chi connectivity index (χ2v) is 6.79. The fourth-order valence-electron chi connectivity index (χ4n) is 3.36. The van der Waals surface area contributed by atoms with Crippen LogP contribution in [-0.4, -0.2) is 59.2 Å². The summed E-state index contributed by atoms with van der Waals surface area (Å²) in [6, 6.07) is 6.17. The molecular formula is C17H27N4O3S+. The van der Waals surface area contributed by atoms with Crippen LogP contribution in [0.25, 0.3) is 0 Å². The first-order valence-corrected chi connectivity index (χ1v) is 8.91. The van der Waals surface area contributed by atoms with Crippen LogP contribution in [0.15, 0.2) is 24.3 Å². The van der Waals surface area contributed by atoms with E-state index in [4.69, 9.17) is 12.8 Å². The summed E-state index contributed by atoms with van der Waals surface area (Å²) in [5.74, 6) is -0.969. The molecule has 2 amide bonds. The van der Waals surface area contributed by atoms with E-state index in [0.717, 1.165) is 12.8 Å². The lowest BCUT2D eigenvalue weighted by Gasteiger charge is -2.40. The van der Waals surface area contributed by atoms with Crippen molar-refractivity contribution < 1.29 is 14.7 Å². The molecule has 2 unspecified atom stereocenters. The maximum absolute atomic E-state index is 13.1. The Labute approximate surface area is 154 Å². The van der Waals surface area contributed by atoms with E-state index in [-0.39, 0.29) is 10.1 Å². The maximum Gasteiger partial charge on any atom is 0.367 e. The number of nitrogens with zero attached hydrogens (tertiary/aromatic N) is 4. The fourth-order valence-corrected chi connectivity index (χ4v) is 3.72. The second kappa shape index (κ2) is 7.63. The van der Waals surface area contributed by atoms with Gasteiger partial charge in [0.15, 0.2) is 11.7 Å². The molecule has 0 saturated carbocycles. The maximum atomic E-state index is 13.1. The largest absolute Gasteiger partial charge is 0.480 e. The Morgan fingerprint density at radius 3 is 2.32 bits per heavy atom. The number of amides is 2. The predicted octanol–water partition coefficient (Wildman–Crippen LogP) is 2.91. The van der Waals surface area contributed by atoms with Crippen molar-refractivity contribution >= 4 is 30.5 Å². The Hall–Kier alpha value is -1.77. The molecule has 8 heteroatoms. The van der Waals surface area contributed by atoms with Gasteiger partial charge in [-0.1, -0.05) is 37.1 Å². The first-order chi connectivity index (χ1) is 11.8. The number of rotatable bonds is 6. The SMILES string of the molecule is CCCN(CCC)C(=O)N(C)[N+]1(S)c2ccccc2C(C(=O)O)N1C. The molecule has 0 aliphatic carbocycles. The Kier molecular flexibility index (Phi) is 5.97. The molecule has 0 radical (unpaired) electrons. The summed E-state index contributed by atoms with van der Waals surface area (Å²) >= 11 is 4.75. The molecule has 1 aromatic carbocycles. The minimum absolute atomic E-state index is 0.175. The van der Waals surface area contributed by atoms with Crippen LogP contribution in [0, 0.1) is 0 Å². The smallest absolute Gasteiger partial charge is 0.367 e. The highest BCUT2D eigenvalue weighted by molar-refractivity contribution is 7.79. The van der Waals surface area contributed by atoms with Crippen LogP contribution in [0.3, 0.4) is 0 Å². The highest BCUT2D eigenvalue weighted by Crippen LogP contribution is 2.47. The lowest BCUT2D eigenvalue weighted by atomic mass is 10.1. The Bertz CT molecular complexity index is 651. The van der Waals surface area contributed by atoms with Gasteiger partial charge in [0, 0.05) is 26.2 Å². The number of aliphatic carboxylic acids is 1. The van der Waals surface area contributed by atoms with Crippen LogP contribution in [-0.2, 0) is 4.79 Å². The van der Waals surface area contributed by atoms with Crippen molar-refractivity contribution in [3.05, 3.63) is 29.8 Å². The van der Waals surface area contributed by atoms with Crippen molar-refractivity contribution in [1.82, 2.24) is 19.0 Å². The van der Waals surface area contributed by atoms with Gasteiger partial charge >= 0.3 is 12.0 Å². The van der Waals surface area contributed by atoms with E-state index in [1.807, 2.05) is 26.0 Å². The average Bonchev–Trinajstić information content (AvgIpc) is 2.82. The van der Waals surface area contributed by atoms with Crippen LogP contribution in [0.4, 0.5) is 10.5 Å². The van der Waals surface area contributed by atoms with Crippen LogP contribution in [0.2, 0.25) is 0 Å². The molecule has 0 bridgehead atoms. The Morgan fingerprint density at radius 2 is 1.80 bits per heavy atom. The third kappa shape index (κ3) is 3.21. The van der Waals surface area contributed by atoms with Gasteiger partial charge < -0.3 is 10.0 Å². The first-order valence-electron chi connectivity index (χ1n) is 8.51. The van der Waals surface area contributed by atoms with Crippen LogP contribution in [0.1, 0.15) is 38.3 Å². The molecule has 0 fully saturated rings. The fraction of sp³-hybridized carbons (Fsp3) is 0.529. The predicted molar refractivity (Wildman–Crippen MR) is 101 cm³/mol. The third-order valence-electron chi connectivity index (χ3n) is 4.55. The molecule has 2 atom stereocenters. The van der Waals surface area contributed by atoms with Crippen molar-refractivity contribution in [2.75, 3.05) is 27.2 Å². The monoisotopic (exact) mass is 367 g/mol. The number of benzene rings is 1. The van der Waals surface area contributed by atoms with Gasteiger partial charge in [0.1, 0.15) is 12.8 Å². The van der Waals surface area contributed by atoms with Crippen molar-refractivity contribution in [1.29, 1.82) is 0 Å². The summed E-state index contributed by atoms with van der Waals surface area (Å²) in [5, 5.41) is 12.7. The zero-order valence-electron chi connectivity index (χ0n) is 15.2. The minimum Gasteiger partial charge on any atom is -0.480 e. The van der Waals surface area contributed by atoms with Gasteiger partial charge in [0.05, 0.1) is 12.6 Å². The highest BCUT2D eigenvalue weighted by Gasteiger charge is 2.56. The molecule has 0 spiro atoms. The number of quaternary nitrogens is 1. The van der Waals surface area contributed by atoms with Gasteiger partial charge in [-0.25, -0.2) is 9.59 Å². The molecule has 1 aliphatic rings. The van der Waals surface area contributed by atoms with E-state index >= 15 is 0 Å². The van der Waals surface area contributed by atoms with Crippen molar-refractivity contribution in [2.45, 2.75) is 32.7 Å². The Morgan fingerprint density at radius 1 is 1.24 bits per heavy atom. The van der Waals surface area contributed by atoms with Gasteiger partial charge in [-0.05, 0) is 16.9 Å². The van der Waals surface area contributed by atoms with Crippen LogP contribution >= 0.6 is 12.8 Å². The molecule has 1 aliphatic heterocycles. The zero-order valence-corrected chi connectivity index (χ0v) is 16.1. The number of fused-ring (bicyclic) bond motifs is 1. The molecule has 138 valence electrons.